The molecule has 0 radical (unpaired) electrons. The van der Waals surface area contributed by atoms with Crippen molar-refractivity contribution >= 4 is 17.8 Å². The first-order valence-electron chi connectivity index (χ1n) is 8.18. The summed E-state index contributed by atoms with van der Waals surface area (Å²) in [6.07, 6.45) is 0. The van der Waals surface area contributed by atoms with Gasteiger partial charge in [-0.15, -0.1) is 0 Å². The second-order valence-electron chi connectivity index (χ2n) is 6.13. The molecule has 0 aromatic heterocycles. The molecule has 8 heteroatoms. The maximum Gasteiger partial charge on any atom is 0.322 e. The molecule has 0 bridgehead atoms. The third-order valence-electron chi connectivity index (χ3n) is 4.28. The number of hydrogen-bond donors (Lipinski definition) is 2. The van der Waals surface area contributed by atoms with Crippen LogP contribution < -0.4 is 15.4 Å². The molecule has 2 N–H and O–H groups in total. The van der Waals surface area contributed by atoms with E-state index in [1.165, 1.54) is 24.3 Å². The van der Waals surface area contributed by atoms with Crippen LogP contribution in [0.5, 0.6) is 5.75 Å². The summed E-state index contributed by atoms with van der Waals surface area (Å²) in [6, 6.07) is 9.80. The van der Waals surface area contributed by atoms with Gasteiger partial charge in [0.05, 0.1) is 7.11 Å². The highest BCUT2D eigenvalue weighted by atomic mass is 19.1. The van der Waals surface area contributed by atoms with Crippen LogP contribution in [-0.4, -0.2) is 36.9 Å². The van der Waals surface area contributed by atoms with E-state index in [1.54, 1.807) is 25.1 Å². The molecule has 2 heterocycles. The van der Waals surface area contributed by atoms with E-state index >= 15 is 0 Å². The summed E-state index contributed by atoms with van der Waals surface area (Å²) in [7, 11) is 3.40. The average Bonchev–Trinajstić information content (AvgIpc) is 3.14. The third-order valence-corrected chi connectivity index (χ3v) is 4.28. The van der Waals surface area contributed by atoms with Gasteiger partial charge in [-0.05, 0) is 35.4 Å². The largest absolute Gasteiger partial charge is 0.497 e. The highest BCUT2D eigenvalue weighted by Crippen LogP contribution is 2.25. The Bertz CT molecular complexity index is 898. The predicted molar refractivity (Wildman–Crippen MR) is 94.6 cm³/mol. The van der Waals surface area contributed by atoms with Crippen molar-refractivity contribution in [2.24, 2.45) is 0 Å². The Hall–Kier alpha value is -3.42. The molecular formula is C19H18FN3O4. The predicted octanol–water partition coefficient (Wildman–Crippen LogP) is 1.99. The van der Waals surface area contributed by atoms with Gasteiger partial charge in [0.1, 0.15) is 17.6 Å². The number of ether oxygens (including phenoxy) is 1. The van der Waals surface area contributed by atoms with Crippen LogP contribution in [0.3, 0.4) is 0 Å². The van der Waals surface area contributed by atoms with Crippen LogP contribution in [0.4, 0.5) is 9.18 Å². The fraction of sp³-hybridized carbons (Fsp3) is 0.211. The molecule has 2 aromatic rings. The van der Waals surface area contributed by atoms with Gasteiger partial charge in [0.25, 0.3) is 11.8 Å². The molecular weight excluding hydrogens is 353 g/mol. The number of benzene rings is 2. The minimum Gasteiger partial charge on any atom is -0.497 e. The number of nitrogens with one attached hydrogen (secondary N) is 2. The second-order valence-corrected chi connectivity index (χ2v) is 6.13. The molecule has 4 rings (SSSR count). The summed E-state index contributed by atoms with van der Waals surface area (Å²) in [5, 5.41) is 4.51. The number of amides is 4. The summed E-state index contributed by atoms with van der Waals surface area (Å²) in [5.74, 6) is 0.0244. The van der Waals surface area contributed by atoms with Gasteiger partial charge in [0.15, 0.2) is 0 Å². The zero-order valence-electron chi connectivity index (χ0n) is 14.8. The molecule has 2 aromatic carbocycles. The van der Waals surface area contributed by atoms with E-state index in [9.17, 15) is 18.8 Å². The molecule has 140 valence electrons. The number of carbonyl (C=O) groups is 3. The lowest BCUT2D eigenvalue weighted by Gasteiger charge is -2.06. The minimum atomic E-state index is -0.705. The van der Waals surface area contributed by atoms with E-state index in [-0.39, 0.29) is 11.7 Å². The minimum absolute atomic E-state index is 0.0777. The van der Waals surface area contributed by atoms with Gasteiger partial charge in [-0.25, -0.2) is 9.18 Å². The molecule has 2 aliphatic heterocycles. The van der Waals surface area contributed by atoms with Crippen LogP contribution in [-0.2, 0) is 11.3 Å². The van der Waals surface area contributed by atoms with Crippen molar-refractivity contribution in [3.8, 4) is 5.75 Å². The molecule has 1 atom stereocenters. The topological polar surface area (TPSA) is 87.7 Å². The zero-order valence-corrected chi connectivity index (χ0v) is 14.8. The van der Waals surface area contributed by atoms with Gasteiger partial charge in [0, 0.05) is 19.2 Å². The Balaban J connectivity index is 0.000000156. The summed E-state index contributed by atoms with van der Waals surface area (Å²) < 4.78 is 17.6. The SMILES string of the molecule is COc1ccc2c(c1)C(=O)N(C)C2.O=C1NC(=O)C(c2ccc(F)cc2)N1. The van der Waals surface area contributed by atoms with Crippen LogP contribution in [0.25, 0.3) is 0 Å². The number of halogens is 1. The van der Waals surface area contributed by atoms with Crippen LogP contribution in [0, 0.1) is 5.82 Å². The average molecular weight is 371 g/mol. The molecule has 0 spiro atoms. The molecule has 2 aliphatic rings. The van der Waals surface area contributed by atoms with Crippen molar-refractivity contribution < 1.29 is 23.5 Å². The van der Waals surface area contributed by atoms with E-state index < -0.39 is 18.0 Å². The smallest absolute Gasteiger partial charge is 0.322 e. The highest BCUT2D eigenvalue weighted by molar-refractivity contribution is 6.04. The van der Waals surface area contributed by atoms with E-state index in [0.29, 0.717) is 12.1 Å². The summed E-state index contributed by atoms with van der Waals surface area (Å²) in [4.78, 5) is 35.2. The first kappa shape index (κ1) is 18.4. The van der Waals surface area contributed by atoms with Gasteiger partial charge < -0.3 is 15.0 Å². The summed E-state index contributed by atoms with van der Waals surface area (Å²) in [6.45, 7) is 0.707. The van der Waals surface area contributed by atoms with Gasteiger partial charge >= 0.3 is 6.03 Å². The first-order valence-corrected chi connectivity index (χ1v) is 8.18. The monoisotopic (exact) mass is 371 g/mol. The Kier molecular flexibility index (Phi) is 5.07. The number of urea groups is 1. The van der Waals surface area contributed by atoms with E-state index in [2.05, 4.69) is 10.6 Å². The Labute approximate surface area is 155 Å². The molecule has 4 amide bonds. The second kappa shape index (κ2) is 7.45. The van der Waals surface area contributed by atoms with Crippen molar-refractivity contribution in [2.75, 3.05) is 14.2 Å². The van der Waals surface area contributed by atoms with Gasteiger partial charge in [0.2, 0.25) is 0 Å². The van der Waals surface area contributed by atoms with E-state index in [1.807, 2.05) is 12.1 Å². The third kappa shape index (κ3) is 3.89. The highest BCUT2D eigenvalue weighted by Gasteiger charge is 2.30. The van der Waals surface area contributed by atoms with Crippen molar-refractivity contribution in [1.29, 1.82) is 0 Å². The summed E-state index contributed by atoms with van der Waals surface area (Å²) in [5.41, 5.74) is 2.41. The molecule has 7 nitrogen and oxygen atoms in total. The lowest BCUT2D eigenvalue weighted by atomic mass is 10.1. The van der Waals surface area contributed by atoms with Crippen LogP contribution >= 0.6 is 0 Å². The quantitative estimate of drug-likeness (QED) is 0.791. The number of methoxy groups -OCH3 is 1. The van der Waals surface area contributed by atoms with Crippen LogP contribution in [0.2, 0.25) is 0 Å². The number of fused-ring (bicyclic) bond motifs is 1. The molecule has 1 saturated heterocycles. The lowest BCUT2D eigenvalue weighted by Crippen LogP contribution is -2.22. The van der Waals surface area contributed by atoms with Crippen molar-refractivity contribution in [3.63, 3.8) is 0 Å². The van der Waals surface area contributed by atoms with Crippen LogP contribution in [0.1, 0.15) is 27.5 Å². The number of imide groups is 1. The van der Waals surface area contributed by atoms with Gasteiger partial charge in [-0.1, -0.05) is 18.2 Å². The normalized spacial score (nSPS) is 17.7. The van der Waals surface area contributed by atoms with E-state index in [4.69, 9.17) is 4.74 Å². The first-order chi connectivity index (χ1) is 12.9. The Morgan fingerprint density at radius 3 is 2.41 bits per heavy atom. The lowest BCUT2D eigenvalue weighted by molar-refractivity contribution is -0.120. The number of rotatable bonds is 2. The molecule has 1 unspecified atom stereocenters. The number of carbonyl (C=O) groups excluding carboxylic acids is 3. The van der Waals surface area contributed by atoms with Gasteiger partial charge in [-0.3, -0.25) is 14.9 Å². The fourth-order valence-electron chi connectivity index (χ4n) is 2.86. The maximum atomic E-state index is 12.6. The molecule has 0 saturated carbocycles. The maximum absolute atomic E-state index is 12.6. The van der Waals surface area contributed by atoms with Crippen molar-refractivity contribution in [3.05, 3.63) is 65.0 Å². The zero-order chi connectivity index (χ0) is 19.6. The standard InChI is InChI=1S/C10H11NO2.C9H7FN2O2/c1-11-6-7-3-4-8(13-2)5-9(7)10(11)12;10-6-3-1-5(2-4-6)7-8(13)12-9(14)11-7/h3-5H,6H2,1-2H3;1-4,7H,(H2,11,12,13,14). The van der Waals surface area contributed by atoms with E-state index in [0.717, 1.165) is 16.9 Å². The summed E-state index contributed by atoms with van der Waals surface area (Å²) >= 11 is 0. The van der Waals surface area contributed by atoms with Gasteiger partial charge in [-0.2, -0.15) is 0 Å². The van der Waals surface area contributed by atoms with Crippen molar-refractivity contribution in [2.45, 2.75) is 12.6 Å². The Morgan fingerprint density at radius 1 is 1.11 bits per heavy atom. The van der Waals surface area contributed by atoms with Crippen molar-refractivity contribution in [1.82, 2.24) is 15.5 Å². The molecule has 1 fully saturated rings. The number of hydrogen-bond acceptors (Lipinski definition) is 4. The van der Waals surface area contributed by atoms with Crippen LogP contribution in [0.15, 0.2) is 42.5 Å². The number of nitrogens with zero attached hydrogens (tertiary/aromatic N) is 1. The molecule has 0 aliphatic carbocycles. The fourth-order valence-corrected chi connectivity index (χ4v) is 2.86. The Morgan fingerprint density at radius 2 is 1.81 bits per heavy atom. The molecule has 27 heavy (non-hydrogen) atoms.